The summed E-state index contributed by atoms with van der Waals surface area (Å²) in [5.74, 6) is -1.86. The van der Waals surface area contributed by atoms with Gasteiger partial charge in [-0.3, -0.25) is 0 Å². The van der Waals surface area contributed by atoms with E-state index in [-0.39, 0.29) is 65.3 Å². The summed E-state index contributed by atoms with van der Waals surface area (Å²) in [4.78, 5) is 0. The Morgan fingerprint density at radius 3 is 1.06 bits per heavy atom. The van der Waals surface area contributed by atoms with Crippen LogP contribution in [0.5, 0.6) is 0 Å². The first kappa shape index (κ1) is 63.7. The lowest BCUT2D eigenvalue weighted by Gasteiger charge is -2.69. The summed E-state index contributed by atoms with van der Waals surface area (Å²) in [6.07, 6.45) is -1.50. The highest BCUT2D eigenvalue weighted by Gasteiger charge is 2.76. The van der Waals surface area contributed by atoms with E-state index in [0.717, 1.165) is 33.4 Å². The van der Waals surface area contributed by atoms with Gasteiger partial charge in [0.2, 0.25) is 5.79 Å². The summed E-state index contributed by atoms with van der Waals surface area (Å²) in [6.45, 7) is 69.8. The van der Waals surface area contributed by atoms with Crippen molar-refractivity contribution < 1.29 is 29.2 Å². The molecule has 0 radical (unpaired) electrons. The van der Waals surface area contributed by atoms with Gasteiger partial charge in [0.25, 0.3) is 0 Å². The van der Waals surface area contributed by atoms with Crippen molar-refractivity contribution in [2.24, 2.45) is 16.2 Å². The minimum absolute atomic E-state index is 0.0624. The van der Waals surface area contributed by atoms with Gasteiger partial charge in [-0.05, 0) is 127 Å². The highest BCUT2D eigenvalue weighted by Crippen LogP contribution is 2.74. The molecule has 4 aromatic rings. The molecular weight excluding hydrogens is 997 g/mol. The molecule has 6 heteroatoms. The van der Waals surface area contributed by atoms with E-state index in [9.17, 15) is 14.9 Å². The molecule has 3 unspecified atom stereocenters. The molecule has 3 aliphatic heterocycles. The van der Waals surface area contributed by atoms with Crippen molar-refractivity contribution in [1.29, 1.82) is 0 Å². The minimum atomic E-state index is -1.64. The zero-order chi connectivity index (χ0) is 61.4. The average molecular weight is 1110 g/mol. The lowest BCUT2D eigenvalue weighted by Crippen LogP contribution is -2.72. The predicted molar refractivity (Wildman–Crippen MR) is 338 cm³/mol. The largest absolute Gasteiger partial charge is 0.396 e. The number of fused-ring (bicyclic) bond motifs is 12. The summed E-state index contributed by atoms with van der Waals surface area (Å²) in [6, 6.07) is 20.1. The molecule has 2 N–H and O–H groups in total. The summed E-state index contributed by atoms with van der Waals surface area (Å²) >= 11 is 0. The van der Waals surface area contributed by atoms with Gasteiger partial charge in [0.05, 0.1) is 31.8 Å². The third-order valence-corrected chi connectivity index (χ3v) is 19.7. The molecule has 1 aliphatic carbocycles. The van der Waals surface area contributed by atoms with E-state index in [4.69, 9.17) is 14.2 Å². The summed E-state index contributed by atoms with van der Waals surface area (Å²) < 4.78 is 33.4. The first-order valence-electron chi connectivity index (χ1n) is 31.0. The van der Waals surface area contributed by atoms with Crippen LogP contribution in [0.25, 0.3) is 0 Å². The Balaban J connectivity index is 1.84. The Hall–Kier alpha value is -3.36. The van der Waals surface area contributed by atoms with Crippen LogP contribution in [0, 0.1) is 16.2 Å². The van der Waals surface area contributed by atoms with E-state index in [2.05, 4.69) is 242 Å². The molecule has 2 bridgehead atoms. The van der Waals surface area contributed by atoms with Crippen LogP contribution in [0.1, 0.15) is 315 Å². The SMILES string of the molecule is CC1c2cc(C(C)(C)C)cc(C(C)(C)C)c2C2OC(C(C)(C)CO)(OC3(c4c(cc(C(C)(C)C)cc4C(C)(C)C)C(C)c4cc(C(C)(C)C)cc(C(C)(C)C)c43)C23COC(C(C)(C)CO)OC3)c2c1cc(C(C)(C)C)cc2C(C)(C)C. The molecule has 3 atom stereocenters. The van der Waals surface area contributed by atoms with Crippen LogP contribution in [0.3, 0.4) is 0 Å². The Morgan fingerprint density at radius 2 is 0.728 bits per heavy atom. The first-order chi connectivity index (χ1) is 36.4. The van der Waals surface area contributed by atoms with Crippen LogP contribution in [-0.4, -0.2) is 42.9 Å². The van der Waals surface area contributed by atoms with E-state index < -0.39 is 56.3 Å². The molecule has 4 aliphatic rings. The second-order valence-electron chi connectivity index (χ2n) is 35.6. The summed E-state index contributed by atoms with van der Waals surface area (Å²) in [5.41, 5.74) is 12.4. The van der Waals surface area contributed by atoms with Crippen molar-refractivity contribution in [2.75, 3.05) is 26.4 Å². The first-order valence-corrected chi connectivity index (χ1v) is 31.0. The van der Waals surface area contributed by atoms with Gasteiger partial charge < -0.3 is 29.2 Å². The predicted octanol–water partition coefficient (Wildman–Crippen LogP) is 18.3. The van der Waals surface area contributed by atoms with Crippen molar-refractivity contribution in [3.63, 3.8) is 0 Å². The van der Waals surface area contributed by atoms with E-state index in [0.29, 0.717) is 0 Å². The van der Waals surface area contributed by atoms with Crippen molar-refractivity contribution in [2.45, 2.75) is 287 Å². The standard InChI is InChI=1S/C75H112O6/c1-43-49-31-45(63(3,4)5)35-53(67(15,16)17)57(49)61-73(41-78-62(79-42-73)71(27,28)39-76)74(81-75(80-61,72(29,30)40-77)60-52(43)34-48(66(12,13)14)38-56(60)70(24,25)26)58-50(32-46(64(6,7)8)36-54(58)68(18,19)20)44(2)51-33-47(65(9,10)11)37-55(59(51)74)69(21,22)23/h31-38,43-44,61-62,76-77H,39-42H2,1-30H3. The zero-order valence-electron chi connectivity index (χ0n) is 56.8. The molecule has 8 rings (SSSR count). The Bertz CT molecular complexity index is 2970. The molecule has 0 aromatic heterocycles. The molecule has 0 amide bonds. The molecular formula is C75H112O6. The number of hydrogen-bond acceptors (Lipinski definition) is 6. The van der Waals surface area contributed by atoms with E-state index in [1.807, 2.05) is 13.8 Å². The van der Waals surface area contributed by atoms with Crippen LogP contribution >= 0.6 is 0 Å². The normalized spacial score (nSPS) is 26.0. The van der Waals surface area contributed by atoms with Gasteiger partial charge in [-0.1, -0.05) is 256 Å². The molecule has 2 spiro atoms. The lowest BCUT2D eigenvalue weighted by atomic mass is 9.50. The average Bonchev–Trinajstić information content (AvgIpc) is 3.37. The van der Waals surface area contributed by atoms with Crippen molar-refractivity contribution in [1.82, 2.24) is 0 Å². The van der Waals surface area contributed by atoms with Gasteiger partial charge >= 0.3 is 0 Å². The highest BCUT2D eigenvalue weighted by atomic mass is 16.7. The maximum atomic E-state index is 12.7. The third kappa shape index (κ3) is 10.1. The summed E-state index contributed by atoms with van der Waals surface area (Å²) in [7, 11) is 0. The molecule has 2 saturated heterocycles. The third-order valence-electron chi connectivity index (χ3n) is 19.7. The number of aliphatic hydroxyl groups is 2. The van der Waals surface area contributed by atoms with E-state index in [1.165, 1.54) is 55.6 Å². The van der Waals surface area contributed by atoms with Gasteiger partial charge in [-0.2, -0.15) is 0 Å². The second-order valence-corrected chi connectivity index (χ2v) is 35.6. The van der Waals surface area contributed by atoms with Gasteiger partial charge in [0.15, 0.2) is 6.29 Å². The van der Waals surface area contributed by atoms with Gasteiger partial charge in [0, 0.05) is 28.2 Å². The van der Waals surface area contributed by atoms with Crippen molar-refractivity contribution >= 4 is 0 Å². The molecule has 0 saturated carbocycles. The second kappa shape index (κ2) is 19.3. The van der Waals surface area contributed by atoms with E-state index >= 15 is 0 Å². The Morgan fingerprint density at radius 1 is 0.407 bits per heavy atom. The molecule has 3 heterocycles. The number of hydrogen-bond donors (Lipinski definition) is 2. The monoisotopic (exact) mass is 1110 g/mol. The fourth-order valence-corrected chi connectivity index (χ4v) is 14.1. The molecule has 2 fully saturated rings. The molecule has 4 aromatic carbocycles. The zero-order valence-corrected chi connectivity index (χ0v) is 56.8. The minimum Gasteiger partial charge on any atom is -0.396 e. The molecule has 6 nitrogen and oxygen atoms in total. The Labute approximate surface area is 493 Å². The van der Waals surface area contributed by atoms with Gasteiger partial charge in [0.1, 0.15) is 11.7 Å². The van der Waals surface area contributed by atoms with E-state index in [1.54, 1.807) is 0 Å². The van der Waals surface area contributed by atoms with Crippen LogP contribution in [0.2, 0.25) is 0 Å². The van der Waals surface area contributed by atoms with Crippen LogP contribution in [0.4, 0.5) is 0 Å². The van der Waals surface area contributed by atoms with Crippen LogP contribution in [-0.2, 0) is 73.7 Å². The number of ether oxygens (including phenoxy) is 4. The number of aliphatic hydroxyl groups excluding tert-OH is 2. The quantitative estimate of drug-likeness (QED) is 0.212. The molecule has 448 valence electrons. The van der Waals surface area contributed by atoms with Crippen LogP contribution < -0.4 is 0 Å². The lowest BCUT2D eigenvalue weighted by molar-refractivity contribution is -0.464. The maximum Gasteiger partial charge on any atom is 0.204 e. The topological polar surface area (TPSA) is 77.4 Å². The highest BCUT2D eigenvalue weighted by molar-refractivity contribution is 5.68. The van der Waals surface area contributed by atoms with Gasteiger partial charge in [-0.25, -0.2) is 0 Å². The fourth-order valence-electron chi connectivity index (χ4n) is 14.1. The summed E-state index contributed by atoms with van der Waals surface area (Å²) in [5, 5.41) is 23.9. The molecule has 81 heavy (non-hydrogen) atoms. The number of rotatable bonds is 4. The van der Waals surface area contributed by atoms with Crippen molar-refractivity contribution in [3.05, 3.63) is 138 Å². The van der Waals surface area contributed by atoms with Crippen LogP contribution in [0.15, 0.2) is 48.5 Å². The Kier molecular flexibility index (Phi) is 15.2. The smallest absolute Gasteiger partial charge is 0.204 e. The van der Waals surface area contributed by atoms with Gasteiger partial charge in [-0.15, -0.1) is 0 Å². The number of benzene rings is 4. The maximum absolute atomic E-state index is 12.7. The fraction of sp³-hybridized carbons (Fsp3) is 0.680. The van der Waals surface area contributed by atoms with Crippen molar-refractivity contribution in [3.8, 4) is 0 Å².